The van der Waals surface area contributed by atoms with Crippen LogP contribution in [0, 0.1) is 0 Å². The predicted molar refractivity (Wildman–Crippen MR) is 91.1 cm³/mol. The van der Waals surface area contributed by atoms with E-state index in [9.17, 15) is 9.90 Å². The molecule has 4 rings (SSSR count). The van der Waals surface area contributed by atoms with Crippen LogP contribution in [-0.4, -0.2) is 24.4 Å². The van der Waals surface area contributed by atoms with Crippen molar-refractivity contribution < 1.29 is 19.0 Å². The molecule has 1 aromatic heterocycles. The molecule has 2 heterocycles. The van der Waals surface area contributed by atoms with Crippen LogP contribution in [-0.2, 0) is 4.74 Å². The van der Waals surface area contributed by atoms with Gasteiger partial charge in [-0.05, 0) is 24.3 Å². The van der Waals surface area contributed by atoms with Gasteiger partial charge in [0.15, 0.2) is 0 Å². The fraction of sp³-hybridized carbons (Fsp3) is 0.278. The smallest absolute Gasteiger partial charge is 0.344 e. The van der Waals surface area contributed by atoms with Gasteiger partial charge in [0.25, 0.3) is 0 Å². The van der Waals surface area contributed by atoms with E-state index in [0.29, 0.717) is 45.7 Å². The molecule has 0 spiro atoms. The highest BCUT2D eigenvalue weighted by Gasteiger charge is 2.18. The van der Waals surface area contributed by atoms with Crippen molar-refractivity contribution in [3.63, 3.8) is 0 Å². The topological polar surface area (TPSA) is 68.9 Å². The quantitative estimate of drug-likeness (QED) is 0.563. The molecule has 0 unspecified atom stereocenters. The lowest BCUT2D eigenvalue weighted by Gasteiger charge is -2.23. The van der Waals surface area contributed by atoms with Gasteiger partial charge in [-0.2, -0.15) is 0 Å². The van der Waals surface area contributed by atoms with Gasteiger partial charge < -0.3 is 19.0 Å². The molecular weight excluding hydrogens is 332 g/mol. The number of phenolic OH excluding ortho intramolecular Hbond substituents is 1. The number of hydrogen-bond donors (Lipinski definition) is 1. The Bertz CT molecular complexity index is 972. The minimum atomic E-state index is -0.512. The molecule has 5 nitrogen and oxygen atoms in total. The van der Waals surface area contributed by atoms with E-state index in [1.807, 2.05) is 0 Å². The molecule has 3 aromatic rings. The summed E-state index contributed by atoms with van der Waals surface area (Å²) in [7, 11) is 0. The highest BCUT2D eigenvalue weighted by Crippen LogP contribution is 2.34. The Morgan fingerprint density at radius 1 is 1.12 bits per heavy atom. The SMILES string of the molecule is O=c1oc2cc(O)ccc2c2c(Cl)cc(OC3CCOCC3)cc12. The molecule has 1 aliphatic heterocycles. The van der Waals surface area contributed by atoms with E-state index in [2.05, 4.69) is 0 Å². The van der Waals surface area contributed by atoms with Gasteiger partial charge in [-0.1, -0.05) is 11.6 Å². The molecule has 0 aliphatic carbocycles. The van der Waals surface area contributed by atoms with Crippen LogP contribution in [0.5, 0.6) is 11.5 Å². The number of aromatic hydroxyl groups is 1. The van der Waals surface area contributed by atoms with Crippen molar-refractivity contribution in [2.45, 2.75) is 18.9 Å². The summed E-state index contributed by atoms with van der Waals surface area (Å²) in [6, 6.07) is 7.99. The van der Waals surface area contributed by atoms with Crippen molar-refractivity contribution in [3.05, 3.63) is 45.8 Å². The number of hydrogen-bond acceptors (Lipinski definition) is 5. The normalized spacial score (nSPS) is 15.9. The van der Waals surface area contributed by atoms with Crippen LogP contribution in [0.3, 0.4) is 0 Å². The first-order valence-corrected chi connectivity index (χ1v) is 8.13. The fourth-order valence-electron chi connectivity index (χ4n) is 3.03. The highest BCUT2D eigenvalue weighted by atomic mass is 35.5. The molecule has 124 valence electrons. The molecular formula is C18H15ClO5. The Balaban J connectivity index is 1.86. The van der Waals surface area contributed by atoms with Gasteiger partial charge in [0.05, 0.1) is 23.6 Å². The molecule has 1 aliphatic rings. The summed E-state index contributed by atoms with van der Waals surface area (Å²) in [4.78, 5) is 12.3. The maximum Gasteiger partial charge on any atom is 0.344 e. The van der Waals surface area contributed by atoms with Crippen LogP contribution < -0.4 is 10.4 Å². The summed E-state index contributed by atoms with van der Waals surface area (Å²) < 4.78 is 16.6. The van der Waals surface area contributed by atoms with Crippen LogP contribution in [0.4, 0.5) is 0 Å². The van der Waals surface area contributed by atoms with Crippen LogP contribution in [0.1, 0.15) is 12.8 Å². The van der Waals surface area contributed by atoms with Gasteiger partial charge in [0.2, 0.25) is 0 Å². The first-order chi connectivity index (χ1) is 11.6. The van der Waals surface area contributed by atoms with Gasteiger partial charge in [0, 0.05) is 29.7 Å². The average Bonchev–Trinajstić information content (AvgIpc) is 2.56. The van der Waals surface area contributed by atoms with Crippen molar-refractivity contribution in [3.8, 4) is 11.5 Å². The molecule has 1 saturated heterocycles. The van der Waals surface area contributed by atoms with Crippen molar-refractivity contribution in [1.82, 2.24) is 0 Å². The second-order valence-corrected chi connectivity index (χ2v) is 6.23. The number of rotatable bonds is 2. The van der Waals surface area contributed by atoms with Gasteiger partial charge in [-0.15, -0.1) is 0 Å². The van der Waals surface area contributed by atoms with E-state index < -0.39 is 5.63 Å². The Kier molecular flexibility index (Phi) is 3.82. The van der Waals surface area contributed by atoms with Crippen molar-refractivity contribution in [1.29, 1.82) is 0 Å². The van der Waals surface area contributed by atoms with Crippen LogP contribution in [0.2, 0.25) is 5.02 Å². The Morgan fingerprint density at radius 3 is 2.71 bits per heavy atom. The van der Waals surface area contributed by atoms with E-state index in [1.54, 1.807) is 18.2 Å². The largest absolute Gasteiger partial charge is 0.508 e. The van der Waals surface area contributed by atoms with Crippen molar-refractivity contribution in [2.75, 3.05) is 13.2 Å². The minimum Gasteiger partial charge on any atom is -0.508 e. The summed E-state index contributed by atoms with van der Waals surface area (Å²) in [5.41, 5.74) is -0.213. The number of halogens is 1. The van der Waals surface area contributed by atoms with Gasteiger partial charge in [-0.3, -0.25) is 0 Å². The number of phenols is 1. The lowest BCUT2D eigenvalue weighted by Crippen LogP contribution is -2.25. The van der Waals surface area contributed by atoms with E-state index in [-0.39, 0.29) is 11.9 Å². The number of fused-ring (bicyclic) bond motifs is 3. The summed E-state index contributed by atoms with van der Waals surface area (Å²) in [5, 5.41) is 11.6. The van der Waals surface area contributed by atoms with Crippen molar-refractivity contribution >= 4 is 33.3 Å². The minimum absolute atomic E-state index is 0.0283. The Morgan fingerprint density at radius 2 is 1.92 bits per heavy atom. The maximum atomic E-state index is 12.3. The lowest BCUT2D eigenvalue weighted by atomic mass is 10.1. The second kappa shape index (κ2) is 6.00. The molecule has 24 heavy (non-hydrogen) atoms. The first-order valence-electron chi connectivity index (χ1n) is 7.75. The lowest BCUT2D eigenvalue weighted by molar-refractivity contribution is 0.0256. The third-order valence-corrected chi connectivity index (χ3v) is 4.49. The van der Waals surface area contributed by atoms with E-state index in [0.717, 1.165) is 12.8 Å². The monoisotopic (exact) mass is 346 g/mol. The maximum absolute atomic E-state index is 12.3. The van der Waals surface area contributed by atoms with Gasteiger partial charge >= 0.3 is 5.63 Å². The zero-order chi connectivity index (χ0) is 16.7. The summed E-state index contributed by atoms with van der Waals surface area (Å²) in [6.07, 6.45) is 1.67. The Hall–Kier alpha value is -2.24. The third-order valence-electron chi connectivity index (χ3n) is 4.19. The van der Waals surface area contributed by atoms with Crippen LogP contribution in [0.15, 0.2) is 39.5 Å². The fourth-order valence-corrected chi connectivity index (χ4v) is 3.34. The molecule has 0 amide bonds. The van der Waals surface area contributed by atoms with Gasteiger partial charge in [0.1, 0.15) is 23.2 Å². The molecule has 0 radical (unpaired) electrons. The molecule has 1 N–H and O–H groups in total. The van der Waals surface area contributed by atoms with E-state index in [4.69, 9.17) is 25.5 Å². The highest BCUT2D eigenvalue weighted by molar-refractivity contribution is 6.37. The van der Waals surface area contributed by atoms with Gasteiger partial charge in [-0.25, -0.2) is 4.79 Å². The van der Waals surface area contributed by atoms with E-state index >= 15 is 0 Å². The van der Waals surface area contributed by atoms with Crippen LogP contribution >= 0.6 is 11.6 Å². The molecule has 1 fully saturated rings. The summed E-state index contributed by atoms with van der Waals surface area (Å²) in [5.74, 6) is 0.574. The standard InChI is InChI=1S/C18H15ClO5/c19-15-9-12(23-11-3-5-22-6-4-11)8-14-17(15)13-2-1-10(20)7-16(13)24-18(14)21/h1-2,7-9,11,20H,3-6H2. The van der Waals surface area contributed by atoms with Crippen LogP contribution in [0.25, 0.3) is 21.7 Å². The molecule has 6 heteroatoms. The third kappa shape index (κ3) is 2.70. The Labute approximate surface area is 142 Å². The average molecular weight is 347 g/mol. The second-order valence-electron chi connectivity index (χ2n) is 5.83. The molecule has 0 saturated carbocycles. The summed E-state index contributed by atoms with van der Waals surface area (Å²) >= 11 is 6.42. The summed E-state index contributed by atoms with van der Waals surface area (Å²) in [6.45, 7) is 1.34. The zero-order valence-corrected chi connectivity index (χ0v) is 13.5. The molecule has 0 atom stereocenters. The number of benzene rings is 2. The first kappa shape index (κ1) is 15.3. The molecule has 2 aromatic carbocycles. The zero-order valence-electron chi connectivity index (χ0n) is 12.8. The van der Waals surface area contributed by atoms with Crippen molar-refractivity contribution in [2.24, 2.45) is 0 Å². The van der Waals surface area contributed by atoms with E-state index in [1.165, 1.54) is 12.1 Å². The predicted octanol–water partition coefficient (Wildman–Crippen LogP) is 3.86. The number of ether oxygens (including phenoxy) is 2. The molecule has 0 bridgehead atoms.